The molecule has 0 aliphatic carbocycles. The first-order chi connectivity index (χ1) is 11.7. The number of nitrogens with zero attached hydrogens (tertiary/aromatic N) is 6. The van der Waals surface area contributed by atoms with Gasteiger partial charge in [0.2, 0.25) is 5.95 Å². The van der Waals surface area contributed by atoms with Crippen molar-refractivity contribution in [1.82, 2.24) is 24.3 Å². The van der Waals surface area contributed by atoms with Crippen LogP contribution in [0.15, 0.2) is 36.7 Å². The van der Waals surface area contributed by atoms with Gasteiger partial charge in [-0.3, -0.25) is 4.90 Å². The molecule has 0 radical (unpaired) electrons. The summed E-state index contributed by atoms with van der Waals surface area (Å²) >= 11 is 0. The molecule has 3 aromatic heterocycles. The van der Waals surface area contributed by atoms with Crippen LogP contribution in [0.1, 0.15) is 11.4 Å². The van der Waals surface area contributed by atoms with Gasteiger partial charge in [-0.2, -0.15) is 4.98 Å². The highest BCUT2D eigenvalue weighted by atomic mass is 15.3. The fourth-order valence-corrected chi connectivity index (χ4v) is 3.12. The lowest BCUT2D eigenvalue weighted by atomic mass is 10.3. The maximum absolute atomic E-state index is 5.83. The summed E-state index contributed by atoms with van der Waals surface area (Å²) in [6, 6.07) is 7.85. The van der Waals surface area contributed by atoms with Crippen LogP contribution in [-0.4, -0.2) is 50.4 Å². The number of imidazole rings is 1. The number of piperazine rings is 1. The molecule has 3 aromatic rings. The quantitative estimate of drug-likeness (QED) is 0.784. The molecule has 1 fully saturated rings. The van der Waals surface area contributed by atoms with Gasteiger partial charge in [-0.05, 0) is 19.1 Å². The summed E-state index contributed by atoms with van der Waals surface area (Å²) in [6.45, 7) is 6.54. The molecule has 1 saturated heterocycles. The number of aryl methyl sites for hydroxylation is 1. The predicted octanol–water partition coefficient (Wildman–Crippen LogP) is 1.34. The van der Waals surface area contributed by atoms with Gasteiger partial charge in [0.25, 0.3) is 0 Å². The van der Waals surface area contributed by atoms with Gasteiger partial charge in [-0.15, -0.1) is 0 Å². The van der Waals surface area contributed by atoms with Crippen molar-refractivity contribution in [2.45, 2.75) is 13.5 Å². The van der Waals surface area contributed by atoms with Crippen LogP contribution in [-0.2, 0) is 6.54 Å². The Morgan fingerprint density at radius 3 is 2.67 bits per heavy atom. The van der Waals surface area contributed by atoms with E-state index in [-0.39, 0.29) is 0 Å². The Bertz CT molecular complexity index is 796. The Balaban J connectivity index is 1.40. The lowest BCUT2D eigenvalue weighted by molar-refractivity contribution is 0.246. The highest BCUT2D eigenvalue weighted by molar-refractivity contribution is 5.41. The fraction of sp³-hybridized carbons (Fsp3) is 0.353. The number of fused-ring (bicyclic) bond motifs is 1. The Morgan fingerprint density at radius 2 is 1.92 bits per heavy atom. The zero-order chi connectivity index (χ0) is 16.5. The maximum Gasteiger partial charge on any atom is 0.227 e. The molecule has 4 rings (SSSR count). The normalized spacial score (nSPS) is 16.0. The van der Waals surface area contributed by atoms with E-state index in [1.807, 2.05) is 31.3 Å². The van der Waals surface area contributed by atoms with E-state index in [4.69, 9.17) is 5.73 Å². The molecule has 4 heterocycles. The van der Waals surface area contributed by atoms with Crippen molar-refractivity contribution in [3.05, 3.63) is 48.0 Å². The van der Waals surface area contributed by atoms with Crippen molar-refractivity contribution in [3.8, 4) is 0 Å². The molecule has 0 spiro atoms. The summed E-state index contributed by atoms with van der Waals surface area (Å²) in [4.78, 5) is 18.1. The second-order valence-corrected chi connectivity index (χ2v) is 6.20. The summed E-state index contributed by atoms with van der Waals surface area (Å²) in [6.07, 6.45) is 4.13. The van der Waals surface area contributed by atoms with E-state index in [0.717, 1.165) is 55.7 Å². The summed E-state index contributed by atoms with van der Waals surface area (Å²) in [5.41, 5.74) is 8.84. The fourth-order valence-electron chi connectivity index (χ4n) is 3.12. The number of nitrogen functional groups attached to an aromatic ring is 1. The van der Waals surface area contributed by atoms with Crippen LogP contribution in [0.2, 0.25) is 0 Å². The van der Waals surface area contributed by atoms with Gasteiger partial charge in [-0.1, -0.05) is 6.07 Å². The minimum absolute atomic E-state index is 0.532. The molecule has 7 nitrogen and oxygen atoms in total. The first-order valence-corrected chi connectivity index (χ1v) is 8.18. The van der Waals surface area contributed by atoms with Crippen LogP contribution in [0.3, 0.4) is 0 Å². The molecule has 1 aliphatic rings. The maximum atomic E-state index is 5.83. The van der Waals surface area contributed by atoms with E-state index in [9.17, 15) is 0 Å². The SMILES string of the molecule is Cc1cc(N)nc(N2CCN(Cc3cn4ccccc4n3)CC2)n1. The molecule has 2 N–H and O–H groups in total. The van der Waals surface area contributed by atoms with E-state index in [1.54, 1.807) is 6.07 Å². The Kier molecular flexibility index (Phi) is 3.78. The molecule has 0 saturated carbocycles. The number of pyridine rings is 1. The second kappa shape index (κ2) is 6.09. The smallest absolute Gasteiger partial charge is 0.227 e. The Morgan fingerprint density at radius 1 is 1.08 bits per heavy atom. The Labute approximate surface area is 140 Å². The third kappa shape index (κ3) is 3.03. The van der Waals surface area contributed by atoms with Crippen LogP contribution < -0.4 is 10.6 Å². The lowest BCUT2D eigenvalue weighted by Crippen LogP contribution is -2.46. The van der Waals surface area contributed by atoms with Crippen LogP contribution in [0.25, 0.3) is 5.65 Å². The summed E-state index contributed by atoms with van der Waals surface area (Å²) in [7, 11) is 0. The van der Waals surface area contributed by atoms with Crippen molar-refractivity contribution >= 4 is 17.4 Å². The third-order valence-corrected chi connectivity index (χ3v) is 4.32. The van der Waals surface area contributed by atoms with Crippen LogP contribution in [0, 0.1) is 6.92 Å². The first kappa shape index (κ1) is 14.9. The highest BCUT2D eigenvalue weighted by Crippen LogP contribution is 2.15. The lowest BCUT2D eigenvalue weighted by Gasteiger charge is -2.34. The highest BCUT2D eigenvalue weighted by Gasteiger charge is 2.20. The number of anilines is 2. The van der Waals surface area contributed by atoms with Crippen molar-refractivity contribution in [2.75, 3.05) is 36.8 Å². The summed E-state index contributed by atoms with van der Waals surface area (Å²) in [5.74, 6) is 1.27. The van der Waals surface area contributed by atoms with Crippen molar-refractivity contribution < 1.29 is 0 Å². The predicted molar refractivity (Wildman–Crippen MR) is 93.9 cm³/mol. The zero-order valence-electron chi connectivity index (χ0n) is 13.8. The van der Waals surface area contributed by atoms with E-state index in [0.29, 0.717) is 5.82 Å². The topological polar surface area (TPSA) is 75.6 Å². The molecule has 0 aromatic carbocycles. The Hall–Kier alpha value is -2.67. The molecule has 0 atom stereocenters. The number of hydrogen-bond donors (Lipinski definition) is 1. The van der Waals surface area contributed by atoms with Gasteiger partial charge in [0, 0.05) is 56.9 Å². The van der Waals surface area contributed by atoms with Gasteiger partial charge in [0.05, 0.1) is 5.69 Å². The molecular weight excluding hydrogens is 302 g/mol. The number of nitrogens with two attached hydrogens (primary N) is 1. The standard InChI is InChI=1S/C17H21N7/c1-13-10-15(18)21-17(19-13)23-8-6-22(7-9-23)11-14-12-24-5-3-2-4-16(24)20-14/h2-5,10,12H,6-9,11H2,1H3,(H2,18,19,21). The van der Waals surface area contributed by atoms with Gasteiger partial charge in [0.1, 0.15) is 11.5 Å². The van der Waals surface area contributed by atoms with E-state index >= 15 is 0 Å². The summed E-state index contributed by atoms with van der Waals surface area (Å²) < 4.78 is 2.06. The minimum Gasteiger partial charge on any atom is -0.384 e. The third-order valence-electron chi connectivity index (χ3n) is 4.32. The molecule has 24 heavy (non-hydrogen) atoms. The van der Waals surface area contributed by atoms with Gasteiger partial charge < -0.3 is 15.0 Å². The van der Waals surface area contributed by atoms with Crippen LogP contribution >= 0.6 is 0 Å². The monoisotopic (exact) mass is 323 g/mol. The molecule has 7 heteroatoms. The van der Waals surface area contributed by atoms with E-state index in [2.05, 4.69) is 35.3 Å². The minimum atomic E-state index is 0.532. The number of aromatic nitrogens is 4. The van der Waals surface area contributed by atoms with Gasteiger partial charge >= 0.3 is 0 Å². The zero-order valence-corrected chi connectivity index (χ0v) is 13.8. The first-order valence-electron chi connectivity index (χ1n) is 8.18. The average molecular weight is 323 g/mol. The van der Waals surface area contributed by atoms with E-state index in [1.165, 1.54) is 0 Å². The van der Waals surface area contributed by atoms with Gasteiger partial charge in [0.15, 0.2) is 0 Å². The van der Waals surface area contributed by atoms with Crippen molar-refractivity contribution in [3.63, 3.8) is 0 Å². The largest absolute Gasteiger partial charge is 0.384 e. The molecule has 124 valence electrons. The van der Waals surface area contributed by atoms with Gasteiger partial charge in [-0.25, -0.2) is 9.97 Å². The van der Waals surface area contributed by atoms with Crippen LogP contribution in [0.5, 0.6) is 0 Å². The van der Waals surface area contributed by atoms with Crippen molar-refractivity contribution in [1.29, 1.82) is 0 Å². The number of rotatable bonds is 3. The number of hydrogen-bond acceptors (Lipinski definition) is 6. The molecule has 0 unspecified atom stereocenters. The van der Waals surface area contributed by atoms with E-state index < -0.39 is 0 Å². The average Bonchev–Trinajstić information content (AvgIpc) is 2.97. The van der Waals surface area contributed by atoms with Crippen molar-refractivity contribution in [2.24, 2.45) is 0 Å². The molecule has 1 aliphatic heterocycles. The van der Waals surface area contributed by atoms with Crippen LogP contribution in [0.4, 0.5) is 11.8 Å². The molecule has 0 amide bonds. The summed E-state index contributed by atoms with van der Waals surface area (Å²) in [5, 5.41) is 0. The second-order valence-electron chi connectivity index (χ2n) is 6.20. The molecule has 0 bridgehead atoms. The molecular formula is C17H21N7.